The summed E-state index contributed by atoms with van der Waals surface area (Å²) in [4.78, 5) is 157. The number of aromatic nitrogens is 4. The largest absolute Gasteiger partial charge is 0.687 e. The van der Waals surface area contributed by atoms with Crippen LogP contribution in [0.5, 0.6) is 23.0 Å². The number of pyridine rings is 4. The maximum absolute atomic E-state index is 12.8. The Bertz CT molecular complexity index is 3270. The van der Waals surface area contributed by atoms with Gasteiger partial charge < -0.3 is 49.0 Å². The molecule has 0 saturated carbocycles. The van der Waals surface area contributed by atoms with Gasteiger partial charge in [0.1, 0.15) is 54.7 Å². The molecule has 4 aromatic heterocycles. The van der Waals surface area contributed by atoms with Gasteiger partial charge in [-0.05, 0) is 178 Å². The average Bonchev–Trinajstić information content (AvgIpc) is 3.39. The molecule has 8 bridgehead atoms. The van der Waals surface area contributed by atoms with Crippen molar-refractivity contribution in [1.29, 1.82) is 0 Å². The third-order valence-corrected chi connectivity index (χ3v) is 16.1. The Morgan fingerprint density at radius 3 is 0.950 bits per heavy atom. The molecule has 8 N–H and O–H groups in total. The number of aromatic hydroxyl groups is 2. The van der Waals surface area contributed by atoms with Crippen LogP contribution in [0.25, 0.3) is 22.8 Å². The lowest BCUT2D eigenvalue weighted by Gasteiger charge is -2.42. The molecule has 20 nitrogen and oxygen atoms in total. The summed E-state index contributed by atoms with van der Waals surface area (Å²) in [5.41, 5.74) is 5.71. The number of fused-ring (bicyclic) bond motifs is 8. The maximum atomic E-state index is 12.8. The summed E-state index contributed by atoms with van der Waals surface area (Å²) in [5, 5.41) is 24.9. The van der Waals surface area contributed by atoms with Crippen LogP contribution in [-0.2, 0) is 63.5 Å². The zero-order chi connectivity index (χ0) is 57.3. The molecular weight excluding hydrogens is 1110 g/mol. The van der Waals surface area contributed by atoms with E-state index < -0.39 is 62.2 Å². The molecule has 0 fully saturated rings. The van der Waals surface area contributed by atoms with Crippen molar-refractivity contribution in [2.45, 2.75) is 77.4 Å². The van der Waals surface area contributed by atoms with E-state index >= 15 is 0 Å². The molecule has 0 radical (unpaired) electrons. The second-order valence-corrected chi connectivity index (χ2v) is 26.4. The smallest absolute Gasteiger partial charge is 0.234 e. The number of ether oxygens (including phenoxy) is 2. The van der Waals surface area contributed by atoms with Gasteiger partial charge in [-0.3, -0.25) is 9.97 Å². The summed E-state index contributed by atoms with van der Waals surface area (Å²) in [6.07, 6.45) is -4.70. The van der Waals surface area contributed by atoms with Gasteiger partial charge in [-0.2, -0.15) is 7.94 Å². The molecule has 8 aromatic rings. The predicted molar refractivity (Wildman–Crippen MR) is 289 cm³/mol. The third-order valence-electron chi connectivity index (χ3n) is 13.0. The number of nitrogens with zero attached hydrogens (tertiary/aromatic N) is 4. The van der Waals surface area contributed by atoms with Crippen LogP contribution < -0.4 is 38.8 Å². The molecule has 4 aromatic carbocycles. The first-order chi connectivity index (χ1) is 37.7. The first kappa shape index (κ1) is 58.6. The third kappa shape index (κ3) is 15.7. The van der Waals surface area contributed by atoms with Gasteiger partial charge in [-0.1, -0.05) is 24.3 Å². The first-order valence-electron chi connectivity index (χ1n) is 24.8. The molecule has 0 unspecified atom stereocenters. The molecule has 1 aliphatic carbocycles. The summed E-state index contributed by atoms with van der Waals surface area (Å²) >= 11 is 0. The SMILES string of the molecule is Cc1cccc(-c2cccc(COc3c4cc(C[P+]([O-])(O)O)cc3Cc3cc(C[P+]([O-])(O)O)cc(c3O)Cc3cc(C[P+]([O-])(O)O)cc(c3OCc3cccc(-c5cccc(C)n5)n3)Cc3cc(C[P+]([O-])([O-])[O-])cc(c3O)C4)n2)n1. The van der Waals surface area contributed by atoms with Crippen molar-refractivity contribution in [2.24, 2.45) is 0 Å². The second kappa shape index (κ2) is 23.8. The summed E-state index contributed by atoms with van der Waals surface area (Å²) in [7, 11) is -19.8. The first-order valence-corrected chi connectivity index (χ1v) is 31.9. The van der Waals surface area contributed by atoms with Crippen LogP contribution in [0.3, 0.4) is 0 Å². The highest BCUT2D eigenvalue weighted by atomic mass is 31.2. The maximum Gasteiger partial charge on any atom is 0.234 e. The van der Waals surface area contributed by atoms with Crippen LogP contribution >= 0.6 is 31.8 Å². The van der Waals surface area contributed by atoms with E-state index in [0.29, 0.717) is 34.2 Å². The van der Waals surface area contributed by atoms with E-state index in [0.717, 1.165) is 11.4 Å². The highest BCUT2D eigenvalue weighted by Crippen LogP contribution is 2.49. The lowest BCUT2D eigenvalue weighted by molar-refractivity contribution is -0.428. The molecule has 24 heteroatoms. The van der Waals surface area contributed by atoms with E-state index in [4.69, 9.17) is 19.4 Å². The zero-order valence-corrected chi connectivity index (χ0v) is 46.6. The fraction of sp³-hybridized carbons (Fsp3) is 0.214. The number of rotatable bonds is 16. The van der Waals surface area contributed by atoms with Crippen molar-refractivity contribution in [2.75, 3.05) is 0 Å². The number of phenols is 2. The molecule has 0 aliphatic heterocycles. The molecule has 1 aliphatic rings. The van der Waals surface area contributed by atoms with Crippen molar-refractivity contribution >= 4 is 31.8 Å². The standard InChI is InChI=1S/C56H56N4O16P4/c1-33-7-3-11-49(57-33)51-13-5-9-47(59-51)27-75-55-43-19-37(31-79(69,70)71)20-44(55)24-40-16-36(30-78(66,67)68)18-42(54(40)62)26-46-22-38(32-80(72,73)74)21-45(25-41-17-35(29-77(63,64)65)15-39(23-43)53(41)61)56(46)76-28-48-10-6-14-52(60-48)50-12-4-8-34(2)58-50/h3-22,61-62H,23-32H2,1-2H3,(H2,63,64,65)(H2,66,67,68)(H2,69,70,71)(H2,72,73,74)/p-2. The van der Waals surface area contributed by atoms with Crippen LogP contribution in [0, 0.1) is 13.8 Å². The van der Waals surface area contributed by atoms with Gasteiger partial charge >= 0.3 is 0 Å². The highest BCUT2D eigenvalue weighted by molar-refractivity contribution is 7.56. The van der Waals surface area contributed by atoms with Crippen LogP contribution in [0.4, 0.5) is 0 Å². The van der Waals surface area contributed by atoms with E-state index in [1.165, 1.54) is 48.5 Å². The Morgan fingerprint density at radius 2 is 0.662 bits per heavy atom. The van der Waals surface area contributed by atoms with Gasteiger partial charge in [-0.25, -0.2) is 39.3 Å². The molecule has 0 spiro atoms. The number of benzene rings is 4. The molecule has 0 saturated heterocycles. The topological polar surface area (TPSA) is 370 Å². The van der Waals surface area contributed by atoms with Gasteiger partial charge in [-0.15, -0.1) is 0 Å². The predicted octanol–water partition coefficient (Wildman–Crippen LogP) is 3.63. The average molecular weight is 1160 g/mol. The quantitative estimate of drug-likeness (QED) is 0.0640. The lowest BCUT2D eigenvalue weighted by atomic mass is 9.88. The van der Waals surface area contributed by atoms with E-state index in [2.05, 4.69) is 9.97 Å². The summed E-state index contributed by atoms with van der Waals surface area (Å²) in [6.45, 7) is 3.22. The van der Waals surface area contributed by atoms with Crippen molar-refractivity contribution in [3.63, 3.8) is 0 Å². The Balaban J connectivity index is 1.27. The Kier molecular flexibility index (Phi) is 17.4. The minimum Gasteiger partial charge on any atom is -0.687 e. The fourth-order valence-corrected chi connectivity index (χ4v) is 12.5. The summed E-state index contributed by atoms with van der Waals surface area (Å²) in [5.74, 6) is -0.618. The Labute approximate surface area is 462 Å². The van der Waals surface area contributed by atoms with Crippen molar-refractivity contribution in [3.8, 4) is 45.8 Å². The lowest BCUT2D eigenvalue weighted by Crippen LogP contribution is -2.33. The fourth-order valence-electron chi connectivity index (χ4n) is 9.94. The van der Waals surface area contributed by atoms with Gasteiger partial charge in [0.2, 0.25) is 23.8 Å². The highest BCUT2D eigenvalue weighted by Gasteiger charge is 2.29. The van der Waals surface area contributed by atoms with Crippen molar-refractivity contribution in [3.05, 3.63) is 211 Å². The van der Waals surface area contributed by atoms with Crippen LogP contribution in [0.2, 0.25) is 0 Å². The number of hydrogen-bond donors (Lipinski definition) is 8. The normalized spacial score (nSPS) is 13.1. The van der Waals surface area contributed by atoms with Crippen molar-refractivity contribution in [1.82, 2.24) is 19.9 Å². The summed E-state index contributed by atoms with van der Waals surface area (Å²) < 4.78 is 13.3. The summed E-state index contributed by atoms with van der Waals surface area (Å²) in [6, 6.07) is 32.5. The molecule has 80 heavy (non-hydrogen) atoms. The van der Waals surface area contributed by atoms with Crippen LogP contribution in [0.1, 0.15) is 89.5 Å². The molecule has 0 atom stereocenters. The van der Waals surface area contributed by atoms with Gasteiger partial charge in [0.15, 0.2) is 0 Å². The number of hydrogen-bond acceptors (Lipinski definition) is 20. The molecule has 4 heterocycles. The van der Waals surface area contributed by atoms with E-state index in [9.17, 15) is 68.9 Å². The van der Waals surface area contributed by atoms with Gasteiger partial charge in [0.05, 0.1) is 40.3 Å². The minimum atomic E-state index is -5.31. The molecule has 0 amide bonds. The van der Waals surface area contributed by atoms with Crippen LogP contribution in [-0.4, -0.2) is 59.5 Å². The van der Waals surface area contributed by atoms with Gasteiger partial charge in [0.25, 0.3) is 0 Å². The van der Waals surface area contributed by atoms with E-state index in [1.54, 1.807) is 48.5 Å². The number of aryl methyl sites for hydroxylation is 2. The zero-order valence-electron chi connectivity index (χ0n) is 43.0. The molecule has 416 valence electrons. The molecular formula is C56H54N4O16P4-2. The Hall–Kier alpha value is -6.08. The van der Waals surface area contributed by atoms with Crippen LogP contribution in [0.15, 0.2) is 121 Å². The molecule has 9 rings (SSSR count). The Morgan fingerprint density at radius 1 is 0.388 bits per heavy atom. The van der Waals surface area contributed by atoms with Gasteiger partial charge in [0, 0.05) is 37.1 Å². The second-order valence-electron chi connectivity index (χ2n) is 19.9. The van der Waals surface area contributed by atoms with Crippen molar-refractivity contribution < 1.29 is 78.4 Å². The van der Waals surface area contributed by atoms with E-state index in [1.807, 2.05) is 38.1 Å². The number of phenolic OH excluding ortho intramolecular Hbond substituents is 2. The minimum absolute atomic E-state index is 0.0291. The van der Waals surface area contributed by atoms with E-state index in [-0.39, 0.29) is 123 Å². The monoisotopic (exact) mass is 1160 g/mol.